The van der Waals surface area contributed by atoms with Gasteiger partial charge in [-0.3, -0.25) is 0 Å². The molecule has 4 nitrogen and oxygen atoms in total. The van der Waals surface area contributed by atoms with Crippen molar-refractivity contribution in [2.75, 3.05) is 11.9 Å². The lowest BCUT2D eigenvalue weighted by molar-refractivity contribution is 0.248. The molecule has 0 heterocycles. The highest BCUT2D eigenvalue weighted by Crippen LogP contribution is 2.14. The predicted octanol–water partition coefficient (Wildman–Crippen LogP) is 2.59. The lowest BCUT2D eigenvalue weighted by atomic mass is 10.2. The topological polar surface area (TPSA) is 67.1 Å². The van der Waals surface area contributed by atoms with E-state index < -0.39 is 0 Å². The fourth-order valence-electron chi connectivity index (χ4n) is 1.52. The molecule has 4 N–H and O–H groups in total. The Morgan fingerprint density at radius 2 is 2.29 bits per heavy atom. The zero-order chi connectivity index (χ0) is 12.7. The van der Waals surface area contributed by atoms with Gasteiger partial charge in [0.15, 0.2) is 0 Å². The Morgan fingerprint density at radius 3 is 2.88 bits per heavy atom. The number of nitrogens with one attached hydrogen (secondary N) is 2. The van der Waals surface area contributed by atoms with Crippen molar-refractivity contribution >= 4 is 23.3 Å². The monoisotopic (exact) mass is 255 g/mol. The van der Waals surface area contributed by atoms with Crippen molar-refractivity contribution in [1.82, 2.24) is 5.32 Å². The second-order valence-electron chi connectivity index (χ2n) is 3.83. The van der Waals surface area contributed by atoms with E-state index in [2.05, 4.69) is 17.6 Å². The number of carbonyl (C=O) groups excluding carboxylic acids is 1. The number of rotatable bonds is 5. The highest BCUT2D eigenvalue weighted by atomic mass is 35.5. The van der Waals surface area contributed by atoms with Crippen LogP contribution in [0.4, 0.5) is 10.5 Å². The lowest BCUT2D eigenvalue weighted by Crippen LogP contribution is -2.42. The van der Waals surface area contributed by atoms with Gasteiger partial charge in [-0.05, 0) is 24.6 Å². The van der Waals surface area contributed by atoms with Crippen LogP contribution in [0.1, 0.15) is 19.8 Å². The van der Waals surface area contributed by atoms with E-state index in [0.717, 1.165) is 12.8 Å². The van der Waals surface area contributed by atoms with Gasteiger partial charge in [-0.15, -0.1) is 0 Å². The zero-order valence-corrected chi connectivity index (χ0v) is 10.6. The van der Waals surface area contributed by atoms with E-state index in [4.69, 9.17) is 17.3 Å². The van der Waals surface area contributed by atoms with Crippen LogP contribution >= 0.6 is 11.6 Å². The molecule has 0 spiro atoms. The molecule has 0 radical (unpaired) electrons. The Bertz CT molecular complexity index is 371. The molecule has 0 bridgehead atoms. The van der Waals surface area contributed by atoms with E-state index in [1.54, 1.807) is 24.3 Å². The van der Waals surface area contributed by atoms with Gasteiger partial charge in [-0.25, -0.2) is 4.79 Å². The number of benzene rings is 1. The van der Waals surface area contributed by atoms with Crippen LogP contribution in [0, 0.1) is 0 Å². The number of nitrogens with two attached hydrogens (primary N) is 1. The van der Waals surface area contributed by atoms with Crippen LogP contribution in [-0.2, 0) is 0 Å². The maximum Gasteiger partial charge on any atom is 0.319 e. The van der Waals surface area contributed by atoms with E-state index in [1.165, 1.54) is 0 Å². The summed E-state index contributed by atoms with van der Waals surface area (Å²) in [4.78, 5) is 11.6. The maximum atomic E-state index is 11.6. The van der Waals surface area contributed by atoms with E-state index in [0.29, 0.717) is 17.3 Å². The maximum absolute atomic E-state index is 11.6. The fraction of sp³-hybridized carbons (Fsp3) is 0.417. The van der Waals surface area contributed by atoms with Gasteiger partial charge >= 0.3 is 6.03 Å². The first-order chi connectivity index (χ1) is 8.15. The predicted molar refractivity (Wildman–Crippen MR) is 71.4 cm³/mol. The lowest BCUT2D eigenvalue weighted by Gasteiger charge is -2.16. The van der Waals surface area contributed by atoms with Gasteiger partial charge in [0.1, 0.15) is 0 Å². The van der Waals surface area contributed by atoms with Gasteiger partial charge in [0.25, 0.3) is 0 Å². The van der Waals surface area contributed by atoms with Crippen LogP contribution in [0.25, 0.3) is 0 Å². The van der Waals surface area contributed by atoms with Crippen molar-refractivity contribution in [2.45, 2.75) is 25.8 Å². The molecule has 1 aromatic carbocycles. The summed E-state index contributed by atoms with van der Waals surface area (Å²) >= 11 is 5.82. The van der Waals surface area contributed by atoms with Crippen LogP contribution < -0.4 is 16.4 Å². The third-order valence-electron chi connectivity index (χ3n) is 2.34. The Hall–Kier alpha value is -1.26. The van der Waals surface area contributed by atoms with Crippen molar-refractivity contribution in [3.8, 4) is 0 Å². The summed E-state index contributed by atoms with van der Waals surface area (Å²) in [6.07, 6.45) is 1.86. The molecule has 0 aliphatic rings. The number of halogens is 1. The molecule has 1 aromatic rings. The number of anilines is 1. The van der Waals surface area contributed by atoms with Crippen LogP contribution in [0.3, 0.4) is 0 Å². The van der Waals surface area contributed by atoms with Crippen molar-refractivity contribution in [2.24, 2.45) is 5.73 Å². The highest BCUT2D eigenvalue weighted by Gasteiger charge is 2.09. The third-order valence-corrected chi connectivity index (χ3v) is 2.57. The van der Waals surface area contributed by atoms with Crippen molar-refractivity contribution in [3.05, 3.63) is 29.3 Å². The second-order valence-corrected chi connectivity index (χ2v) is 4.27. The van der Waals surface area contributed by atoms with Gasteiger partial charge in [0.2, 0.25) is 0 Å². The highest BCUT2D eigenvalue weighted by molar-refractivity contribution is 6.30. The average molecular weight is 256 g/mol. The molecule has 94 valence electrons. The molecule has 0 aliphatic heterocycles. The number of carbonyl (C=O) groups is 1. The summed E-state index contributed by atoms with van der Waals surface area (Å²) in [5, 5.41) is 6.12. The van der Waals surface area contributed by atoms with Crippen molar-refractivity contribution < 1.29 is 4.79 Å². The normalized spacial score (nSPS) is 11.9. The van der Waals surface area contributed by atoms with E-state index in [9.17, 15) is 4.79 Å². The Labute approximate surface area is 107 Å². The van der Waals surface area contributed by atoms with Crippen LogP contribution in [-0.4, -0.2) is 18.6 Å². The third kappa shape index (κ3) is 5.06. The zero-order valence-electron chi connectivity index (χ0n) is 9.87. The summed E-state index contributed by atoms with van der Waals surface area (Å²) in [7, 11) is 0. The first-order valence-corrected chi connectivity index (χ1v) is 6.06. The fourth-order valence-corrected chi connectivity index (χ4v) is 1.71. The van der Waals surface area contributed by atoms with Crippen molar-refractivity contribution in [1.29, 1.82) is 0 Å². The van der Waals surface area contributed by atoms with Crippen LogP contribution in [0.15, 0.2) is 24.3 Å². The molecule has 1 unspecified atom stereocenters. The minimum atomic E-state index is -0.254. The summed E-state index contributed by atoms with van der Waals surface area (Å²) < 4.78 is 0. The number of hydrogen-bond donors (Lipinski definition) is 3. The Kier molecular flexibility index (Phi) is 5.80. The van der Waals surface area contributed by atoms with Crippen LogP contribution in [0.5, 0.6) is 0 Å². The number of hydrogen-bond acceptors (Lipinski definition) is 2. The summed E-state index contributed by atoms with van der Waals surface area (Å²) in [5.74, 6) is 0. The van der Waals surface area contributed by atoms with Crippen molar-refractivity contribution in [3.63, 3.8) is 0 Å². The molecule has 0 aromatic heterocycles. The van der Waals surface area contributed by atoms with Crippen LogP contribution in [0.2, 0.25) is 5.02 Å². The molecule has 0 saturated carbocycles. The molecular formula is C12H18ClN3O. The van der Waals surface area contributed by atoms with Gasteiger partial charge in [0, 0.05) is 23.3 Å². The molecule has 17 heavy (non-hydrogen) atoms. The van der Waals surface area contributed by atoms with Gasteiger partial charge in [0.05, 0.1) is 0 Å². The molecule has 0 saturated heterocycles. The summed E-state index contributed by atoms with van der Waals surface area (Å²) in [5.41, 5.74) is 6.23. The molecule has 5 heteroatoms. The average Bonchev–Trinajstić information content (AvgIpc) is 2.28. The summed E-state index contributed by atoms with van der Waals surface area (Å²) in [6.45, 7) is 2.50. The standard InChI is InChI=1S/C12H18ClN3O/c1-2-4-11(8-14)16-12(17)15-10-6-3-5-9(13)7-10/h3,5-7,11H,2,4,8,14H2,1H3,(H2,15,16,17). The number of amides is 2. The first kappa shape index (κ1) is 13.8. The minimum Gasteiger partial charge on any atom is -0.334 e. The largest absolute Gasteiger partial charge is 0.334 e. The molecule has 0 fully saturated rings. The SMILES string of the molecule is CCCC(CN)NC(=O)Nc1cccc(Cl)c1. The molecular weight excluding hydrogens is 238 g/mol. The smallest absolute Gasteiger partial charge is 0.319 e. The number of urea groups is 1. The van der Waals surface area contributed by atoms with E-state index in [-0.39, 0.29) is 12.1 Å². The molecule has 2 amide bonds. The molecule has 1 atom stereocenters. The molecule has 1 rings (SSSR count). The summed E-state index contributed by atoms with van der Waals surface area (Å²) in [6, 6.07) is 6.77. The Balaban J connectivity index is 2.49. The second kappa shape index (κ2) is 7.14. The molecule has 0 aliphatic carbocycles. The van der Waals surface area contributed by atoms with Gasteiger partial charge in [-0.2, -0.15) is 0 Å². The minimum absolute atomic E-state index is 0.0131. The van der Waals surface area contributed by atoms with E-state index >= 15 is 0 Å². The quantitative estimate of drug-likeness (QED) is 0.757. The van der Waals surface area contributed by atoms with Gasteiger partial charge in [-0.1, -0.05) is 31.0 Å². The van der Waals surface area contributed by atoms with E-state index in [1.807, 2.05) is 0 Å². The Morgan fingerprint density at radius 1 is 1.53 bits per heavy atom. The first-order valence-electron chi connectivity index (χ1n) is 5.69. The van der Waals surface area contributed by atoms with Gasteiger partial charge < -0.3 is 16.4 Å².